The van der Waals surface area contributed by atoms with E-state index in [1.807, 2.05) is 0 Å². The number of sulfone groups is 1. The van der Waals surface area contributed by atoms with E-state index in [2.05, 4.69) is 4.98 Å². The van der Waals surface area contributed by atoms with Gasteiger partial charge in [-0.05, 0) is 46.6 Å². The molecule has 0 aromatic carbocycles. The Labute approximate surface area is 159 Å². The van der Waals surface area contributed by atoms with Gasteiger partial charge in [-0.25, -0.2) is 13.2 Å². The van der Waals surface area contributed by atoms with Crippen molar-refractivity contribution in [3.8, 4) is 0 Å². The molecule has 0 spiro atoms. The number of Topliss-reactive ketones (excluding diaryl/α,β-unsaturated/α-hetero) is 1. The van der Waals surface area contributed by atoms with E-state index in [-0.39, 0.29) is 23.0 Å². The fourth-order valence-corrected chi connectivity index (χ4v) is 5.33. The number of aromatic nitrogens is 1. The Bertz CT molecular complexity index is 871. The minimum atomic E-state index is -3.13. The molecule has 0 aliphatic carbocycles. The van der Waals surface area contributed by atoms with Crippen LogP contribution in [0.15, 0.2) is 0 Å². The third-order valence-corrected chi connectivity index (χ3v) is 6.65. The lowest BCUT2D eigenvalue weighted by atomic mass is 10.1. The van der Waals surface area contributed by atoms with Gasteiger partial charge in [0.15, 0.2) is 21.7 Å². The fourth-order valence-electron chi connectivity index (χ4n) is 3.60. The Morgan fingerprint density at radius 3 is 2.37 bits per heavy atom. The molecule has 0 saturated carbocycles. The molecular weight excluding hydrogens is 372 g/mol. The van der Waals surface area contributed by atoms with Crippen molar-refractivity contribution < 1.29 is 27.5 Å². The third-order valence-electron chi connectivity index (χ3n) is 4.90. The van der Waals surface area contributed by atoms with Crippen LogP contribution in [-0.2, 0) is 19.4 Å². The molecule has 27 heavy (non-hydrogen) atoms. The molecular formula is C18H26N2O6S. The lowest BCUT2D eigenvalue weighted by Gasteiger charge is -2.29. The van der Waals surface area contributed by atoms with E-state index < -0.39 is 33.9 Å². The van der Waals surface area contributed by atoms with Crippen LogP contribution in [0.2, 0.25) is 0 Å². The highest BCUT2D eigenvalue weighted by Crippen LogP contribution is 2.21. The van der Waals surface area contributed by atoms with Crippen molar-refractivity contribution in [3.63, 3.8) is 0 Å². The van der Waals surface area contributed by atoms with Crippen LogP contribution in [0.25, 0.3) is 0 Å². The molecule has 1 amide bonds. The van der Waals surface area contributed by atoms with E-state index in [0.717, 1.165) is 0 Å². The zero-order valence-corrected chi connectivity index (χ0v) is 17.1. The molecule has 0 radical (unpaired) electrons. The summed E-state index contributed by atoms with van der Waals surface area (Å²) in [4.78, 5) is 41.2. The first-order valence-corrected chi connectivity index (χ1v) is 10.7. The van der Waals surface area contributed by atoms with Crippen LogP contribution in [0.3, 0.4) is 0 Å². The minimum absolute atomic E-state index is 0.0599. The van der Waals surface area contributed by atoms with Crippen LogP contribution in [0, 0.1) is 13.8 Å². The smallest absolute Gasteiger partial charge is 0.355 e. The summed E-state index contributed by atoms with van der Waals surface area (Å²) in [6.45, 7) is 8.30. The molecule has 1 aromatic heterocycles. The van der Waals surface area contributed by atoms with Crippen LogP contribution in [0.1, 0.15) is 59.3 Å². The van der Waals surface area contributed by atoms with Crippen LogP contribution in [-0.4, -0.2) is 66.2 Å². The Morgan fingerprint density at radius 2 is 1.93 bits per heavy atom. The first-order valence-electron chi connectivity index (χ1n) is 8.90. The topological polar surface area (TPSA) is 114 Å². The van der Waals surface area contributed by atoms with Crippen molar-refractivity contribution in [2.24, 2.45) is 0 Å². The van der Waals surface area contributed by atoms with E-state index in [1.54, 1.807) is 20.8 Å². The molecule has 2 heterocycles. The largest absolute Gasteiger partial charge is 0.448 e. The number of hydrogen-bond donors (Lipinski definition) is 1. The van der Waals surface area contributed by atoms with Crippen molar-refractivity contribution >= 4 is 27.5 Å². The van der Waals surface area contributed by atoms with Crippen LogP contribution in [0.4, 0.5) is 0 Å². The van der Waals surface area contributed by atoms with Gasteiger partial charge in [-0.1, -0.05) is 0 Å². The van der Waals surface area contributed by atoms with Gasteiger partial charge in [0.05, 0.1) is 11.5 Å². The zero-order chi connectivity index (χ0) is 20.5. The SMILES string of the molecule is CCN(C(=O)[C@H](C)OC(=O)c1[nH]c(C)c(C(C)=O)c1C)[C@H]1CCS(=O)(=O)C1. The maximum atomic E-state index is 12.7. The molecule has 150 valence electrons. The molecule has 0 unspecified atom stereocenters. The Hall–Kier alpha value is -2.16. The van der Waals surface area contributed by atoms with Gasteiger partial charge >= 0.3 is 5.97 Å². The molecule has 2 atom stereocenters. The van der Waals surface area contributed by atoms with E-state index in [1.165, 1.54) is 18.7 Å². The number of aromatic amines is 1. The summed E-state index contributed by atoms with van der Waals surface area (Å²) < 4.78 is 28.7. The number of nitrogens with zero attached hydrogens (tertiary/aromatic N) is 1. The molecule has 2 rings (SSSR count). The van der Waals surface area contributed by atoms with Gasteiger partial charge in [0.25, 0.3) is 5.91 Å². The first-order chi connectivity index (χ1) is 12.5. The number of rotatable bonds is 6. The van der Waals surface area contributed by atoms with Gasteiger partial charge in [0.2, 0.25) is 0 Å². The molecule has 8 nitrogen and oxygen atoms in total. The predicted octanol–water partition coefficient (Wildman–Crippen LogP) is 1.42. The summed E-state index contributed by atoms with van der Waals surface area (Å²) in [6, 6.07) is -0.396. The summed E-state index contributed by atoms with van der Waals surface area (Å²) in [5.74, 6) is -1.32. The highest BCUT2D eigenvalue weighted by atomic mass is 32.2. The predicted molar refractivity (Wildman–Crippen MR) is 99.6 cm³/mol. The minimum Gasteiger partial charge on any atom is -0.448 e. The molecule has 1 fully saturated rings. The van der Waals surface area contributed by atoms with Crippen molar-refractivity contribution in [2.75, 3.05) is 18.1 Å². The van der Waals surface area contributed by atoms with Gasteiger partial charge < -0.3 is 14.6 Å². The normalized spacial score (nSPS) is 19.5. The zero-order valence-electron chi connectivity index (χ0n) is 16.3. The third kappa shape index (κ3) is 4.40. The number of ketones is 1. The number of hydrogen-bond acceptors (Lipinski definition) is 6. The number of H-pyrrole nitrogens is 1. The van der Waals surface area contributed by atoms with Crippen molar-refractivity contribution in [2.45, 2.75) is 53.2 Å². The lowest BCUT2D eigenvalue weighted by Crippen LogP contribution is -2.46. The molecule has 1 saturated heterocycles. The molecule has 1 aliphatic heterocycles. The highest BCUT2D eigenvalue weighted by molar-refractivity contribution is 7.91. The molecule has 1 aliphatic rings. The monoisotopic (exact) mass is 398 g/mol. The fraction of sp³-hybridized carbons (Fsp3) is 0.611. The average Bonchev–Trinajstić information content (AvgIpc) is 3.06. The maximum absolute atomic E-state index is 12.7. The Balaban J connectivity index is 2.13. The number of aryl methyl sites for hydroxylation is 1. The van der Waals surface area contributed by atoms with Gasteiger partial charge in [0.1, 0.15) is 5.69 Å². The number of nitrogens with one attached hydrogen (secondary N) is 1. The van der Waals surface area contributed by atoms with Crippen LogP contribution < -0.4 is 0 Å². The second kappa shape index (κ2) is 7.84. The number of carbonyl (C=O) groups is 3. The second-order valence-electron chi connectivity index (χ2n) is 6.91. The standard InChI is InChI=1S/C18H26N2O6S/c1-6-20(14-7-8-27(24,25)9-14)17(22)13(5)26-18(23)16-10(2)15(12(4)21)11(3)19-16/h13-14,19H,6-9H2,1-5H3/t13-,14-/m0/s1. The molecule has 1 N–H and O–H groups in total. The highest BCUT2D eigenvalue weighted by Gasteiger charge is 2.36. The summed E-state index contributed by atoms with van der Waals surface area (Å²) in [6.07, 6.45) is -0.677. The first kappa shape index (κ1) is 21.1. The van der Waals surface area contributed by atoms with Crippen molar-refractivity contribution in [1.82, 2.24) is 9.88 Å². The number of likely N-dealkylation sites (N-methyl/N-ethyl adjacent to an activating group) is 1. The van der Waals surface area contributed by atoms with Crippen LogP contribution >= 0.6 is 0 Å². The molecule has 0 bridgehead atoms. The van der Waals surface area contributed by atoms with Gasteiger partial charge in [0, 0.05) is 23.8 Å². The van der Waals surface area contributed by atoms with Crippen molar-refractivity contribution in [1.29, 1.82) is 0 Å². The van der Waals surface area contributed by atoms with E-state index in [9.17, 15) is 22.8 Å². The average molecular weight is 398 g/mol. The number of amides is 1. The van der Waals surface area contributed by atoms with Gasteiger partial charge in [-0.3, -0.25) is 9.59 Å². The maximum Gasteiger partial charge on any atom is 0.355 e. The Kier molecular flexibility index (Phi) is 6.14. The van der Waals surface area contributed by atoms with E-state index >= 15 is 0 Å². The summed E-state index contributed by atoms with van der Waals surface area (Å²) >= 11 is 0. The van der Waals surface area contributed by atoms with Gasteiger partial charge in [-0.15, -0.1) is 0 Å². The molecule has 1 aromatic rings. The van der Waals surface area contributed by atoms with Gasteiger partial charge in [-0.2, -0.15) is 0 Å². The summed E-state index contributed by atoms with van der Waals surface area (Å²) in [5.41, 5.74) is 1.63. The second-order valence-corrected chi connectivity index (χ2v) is 9.14. The molecule has 9 heteroatoms. The van der Waals surface area contributed by atoms with E-state index in [0.29, 0.717) is 29.8 Å². The van der Waals surface area contributed by atoms with Crippen LogP contribution in [0.5, 0.6) is 0 Å². The summed E-state index contributed by atoms with van der Waals surface area (Å²) in [7, 11) is -3.13. The number of esters is 1. The lowest BCUT2D eigenvalue weighted by molar-refractivity contribution is -0.141. The van der Waals surface area contributed by atoms with E-state index in [4.69, 9.17) is 4.74 Å². The van der Waals surface area contributed by atoms with Crippen molar-refractivity contribution in [3.05, 3.63) is 22.5 Å². The summed E-state index contributed by atoms with van der Waals surface area (Å²) in [5, 5.41) is 0. The number of ether oxygens (including phenoxy) is 1. The Morgan fingerprint density at radius 1 is 1.30 bits per heavy atom. The number of carbonyl (C=O) groups excluding carboxylic acids is 3. The quantitative estimate of drug-likeness (QED) is 0.573.